The largest absolute Gasteiger partial charge is 0.453 e. The Morgan fingerprint density at radius 1 is 0.634 bits per heavy atom. The third-order valence-corrected chi connectivity index (χ3v) is 15.0. The van der Waals surface area contributed by atoms with Crippen LogP contribution in [0.15, 0.2) is 4.79 Å². The van der Waals surface area contributed by atoms with E-state index >= 15 is 0 Å². The quantitative estimate of drug-likeness (QED) is 0.0300. The Hall–Kier alpha value is -4.04. The van der Waals surface area contributed by atoms with Crippen LogP contribution in [0, 0.1) is 34.5 Å². The Bertz CT molecular complexity index is 1800. The van der Waals surface area contributed by atoms with E-state index in [9.17, 15) is 24.0 Å². The van der Waals surface area contributed by atoms with Gasteiger partial charge >= 0.3 is 24.3 Å². The summed E-state index contributed by atoms with van der Waals surface area (Å²) in [5, 5.41) is 14.7. The number of ether oxygens (including phenoxy) is 3. The number of rotatable bonds is 32. The minimum absolute atomic E-state index is 0.0151. The van der Waals surface area contributed by atoms with Crippen LogP contribution in [0.2, 0.25) is 0 Å². The number of carbonyl (C=O) groups is 4. The highest BCUT2D eigenvalue weighted by atomic mass is 16.6. The predicted molar refractivity (Wildman–Crippen MR) is 286 cm³/mol. The van der Waals surface area contributed by atoms with Crippen LogP contribution in [0.3, 0.4) is 0 Å². The summed E-state index contributed by atoms with van der Waals surface area (Å²) in [6, 6.07) is -0.682. The fourth-order valence-electron chi connectivity index (χ4n) is 12.2. The number of aromatic amines is 1. The zero-order valence-electron chi connectivity index (χ0n) is 46.4. The van der Waals surface area contributed by atoms with E-state index in [1.165, 1.54) is 123 Å². The van der Waals surface area contributed by atoms with Gasteiger partial charge in [0.2, 0.25) is 5.95 Å². The smallest absolute Gasteiger partial charge is 0.407 e. The number of alkyl carbamates (subject to hydrolysis) is 3. The van der Waals surface area contributed by atoms with Crippen LogP contribution < -0.4 is 32.1 Å². The van der Waals surface area contributed by atoms with Crippen LogP contribution >= 0.6 is 0 Å². The lowest BCUT2D eigenvalue weighted by molar-refractivity contribution is 0.0633. The minimum atomic E-state index is -0.594. The van der Waals surface area contributed by atoms with Gasteiger partial charge in [-0.25, -0.2) is 19.2 Å². The lowest BCUT2D eigenvalue weighted by atomic mass is 9.62. The summed E-state index contributed by atoms with van der Waals surface area (Å²) in [6.07, 6.45) is 29.1. The average Bonchev–Trinajstić information content (AvgIpc) is 3.27. The number of unbranched alkanes of at least 4 members (excludes halogenated alkanes) is 16. The van der Waals surface area contributed by atoms with Crippen LogP contribution in [0.1, 0.15) is 234 Å². The topological polar surface area (TPSA) is 202 Å². The van der Waals surface area contributed by atoms with Crippen molar-refractivity contribution in [1.29, 1.82) is 0 Å². The molecule has 5 unspecified atom stereocenters. The SMILES string of the molecule is CCCCCCCCCCCCC(CCCCCCCCCC)COC(=O)NC1CC(C)(C)CC(C)(CNC(=O)Nc2nc(=O)c(CCOC(=O)NCC3(C)CC(NC(=O)OC)CC(C)(C)C3)c(C)[nH]2)C1. The van der Waals surface area contributed by atoms with Crippen molar-refractivity contribution in [2.75, 3.05) is 38.7 Å². The van der Waals surface area contributed by atoms with E-state index in [1.54, 1.807) is 6.92 Å². The van der Waals surface area contributed by atoms with E-state index in [1.807, 2.05) is 0 Å². The number of hydrogen-bond donors (Lipinski definition) is 6. The molecule has 1 aromatic heterocycles. The number of aromatic nitrogens is 2. The molecule has 0 aliphatic heterocycles. The van der Waals surface area contributed by atoms with Crippen molar-refractivity contribution in [3.8, 4) is 0 Å². The average molecular weight is 1000 g/mol. The molecule has 2 saturated carbocycles. The van der Waals surface area contributed by atoms with Gasteiger partial charge in [-0.15, -0.1) is 0 Å². The molecule has 2 aliphatic carbocycles. The molecular weight excluding hydrogens is 899 g/mol. The van der Waals surface area contributed by atoms with Crippen molar-refractivity contribution in [3.05, 3.63) is 21.6 Å². The first-order valence-corrected chi connectivity index (χ1v) is 28.0. The Balaban J connectivity index is 1.45. The molecule has 71 heavy (non-hydrogen) atoms. The van der Waals surface area contributed by atoms with Gasteiger partial charge < -0.3 is 40.5 Å². The summed E-state index contributed by atoms with van der Waals surface area (Å²) >= 11 is 0. The molecule has 15 nitrogen and oxygen atoms in total. The highest BCUT2D eigenvalue weighted by Crippen LogP contribution is 2.47. The number of carbonyl (C=O) groups excluding carboxylic acids is 4. The number of urea groups is 1. The Morgan fingerprint density at radius 3 is 1.58 bits per heavy atom. The maximum atomic E-state index is 13.4. The zero-order valence-corrected chi connectivity index (χ0v) is 46.4. The lowest BCUT2D eigenvalue weighted by Gasteiger charge is -2.46. The molecule has 3 rings (SSSR count). The number of methoxy groups -OCH3 is 1. The van der Waals surface area contributed by atoms with E-state index in [0.29, 0.717) is 49.7 Å². The molecule has 0 bridgehead atoms. The van der Waals surface area contributed by atoms with Crippen molar-refractivity contribution >= 4 is 30.3 Å². The first-order valence-electron chi connectivity index (χ1n) is 28.0. The van der Waals surface area contributed by atoms with Crippen LogP contribution in [0.5, 0.6) is 0 Å². The number of nitrogens with zero attached hydrogens (tertiary/aromatic N) is 1. The summed E-state index contributed by atoms with van der Waals surface area (Å²) in [5.41, 5.74) is -0.393. The second kappa shape index (κ2) is 31.5. The lowest BCUT2D eigenvalue weighted by Crippen LogP contribution is -2.51. The Labute approximate surface area is 429 Å². The van der Waals surface area contributed by atoms with Crippen LogP contribution in [0.4, 0.5) is 25.1 Å². The van der Waals surface area contributed by atoms with Gasteiger partial charge in [-0.05, 0) is 85.9 Å². The molecule has 1 aromatic rings. The van der Waals surface area contributed by atoms with Gasteiger partial charge in [0.05, 0.1) is 20.3 Å². The normalized spacial score (nSPS) is 21.9. The predicted octanol–water partition coefficient (Wildman–Crippen LogP) is 13.2. The summed E-state index contributed by atoms with van der Waals surface area (Å²) < 4.78 is 16.2. The molecule has 0 saturated heterocycles. The van der Waals surface area contributed by atoms with Crippen molar-refractivity contribution in [2.45, 2.75) is 248 Å². The minimum Gasteiger partial charge on any atom is -0.453 e. The first kappa shape index (κ1) is 61.3. The molecule has 2 fully saturated rings. The van der Waals surface area contributed by atoms with Crippen LogP contribution in [0.25, 0.3) is 0 Å². The molecule has 5 amide bonds. The van der Waals surface area contributed by atoms with E-state index in [0.717, 1.165) is 38.5 Å². The number of nitrogens with one attached hydrogen (secondary N) is 6. The molecule has 15 heteroatoms. The van der Waals surface area contributed by atoms with Crippen molar-refractivity contribution in [1.82, 2.24) is 31.2 Å². The summed E-state index contributed by atoms with van der Waals surface area (Å²) in [4.78, 5) is 71.4. The van der Waals surface area contributed by atoms with Crippen LogP contribution in [-0.4, -0.2) is 79.8 Å². The molecule has 0 spiro atoms. The maximum absolute atomic E-state index is 13.4. The van der Waals surface area contributed by atoms with E-state index < -0.39 is 23.8 Å². The molecule has 1 heterocycles. The number of hydrogen-bond acceptors (Lipinski definition) is 9. The first-order chi connectivity index (χ1) is 33.7. The van der Waals surface area contributed by atoms with E-state index in [4.69, 9.17) is 14.2 Å². The zero-order chi connectivity index (χ0) is 52.3. The number of anilines is 1. The number of H-pyrrole nitrogens is 1. The third-order valence-electron chi connectivity index (χ3n) is 15.0. The molecule has 5 atom stereocenters. The molecule has 408 valence electrons. The van der Waals surface area contributed by atoms with Gasteiger partial charge in [-0.1, -0.05) is 171 Å². The second-order valence-corrected chi connectivity index (χ2v) is 24.0. The maximum Gasteiger partial charge on any atom is 0.407 e. The number of amides is 5. The molecule has 0 aromatic carbocycles. The summed E-state index contributed by atoms with van der Waals surface area (Å²) in [5.74, 6) is 0.396. The van der Waals surface area contributed by atoms with Crippen LogP contribution in [-0.2, 0) is 20.6 Å². The fraction of sp³-hybridized carbons (Fsp3) is 0.857. The molecule has 0 radical (unpaired) electrons. The summed E-state index contributed by atoms with van der Waals surface area (Å²) in [7, 11) is 1.34. The van der Waals surface area contributed by atoms with Crippen molar-refractivity contribution < 1.29 is 33.4 Å². The highest BCUT2D eigenvalue weighted by Gasteiger charge is 2.43. The van der Waals surface area contributed by atoms with Crippen molar-refractivity contribution in [3.63, 3.8) is 0 Å². The van der Waals surface area contributed by atoms with Gasteiger partial charge in [0.25, 0.3) is 5.56 Å². The van der Waals surface area contributed by atoms with Gasteiger partial charge in [-0.2, -0.15) is 4.98 Å². The highest BCUT2D eigenvalue weighted by molar-refractivity contribution is 5.87. The number of aryl methyl sites for hydroxylation is 1. The van der Waals surface area contributed by atoms with E-state index in [-0.39, 0.29) is 58.8 Å². The van der Waals surface area contributed by atoms with Gasteiger partial charge in [0, 0.05) is 42.9 Å². The van der Waals surface area contributed by atoms with Gasteiger partial charge in [0.1, 0.15) is 0 Å². The Morgan fingerprint density at radius 2 is 1.10 bits per heavy atom. The molecular formula is C56H101N7O8. The molecule has 2 aliphatic rings. The second-order valence-electron chi connectivity index (χ2n) is 24.0. The monoisotopic (exact) mass is 1000 g/mol. The van der Waals surface area contributed by atoms with Gasteiger partial charge in [0.15, 0.2) is 0 Å². The van der Waals surface area contributed by atoms with Gasteiger partial charge in [-0.3, -0.25) is 10.1 Å². The Kier molecular flexibility index (Phi) is 27.2. The standard InChI is InChI=1S/C56H101N7O8/c1-11-13-15-17-19-21-22-24-26-28-30-43(29-27-25-23-20-18-16-14-12-2)37-71-52(68)61-45-34-54(6,7)38-55(8,36-45)40-57-49(65)63-48-59-42(3)46(47(64)62-48)31-32-70-50(66)58-41-56(9)35-44(60-51(67)69-10)33-53(4,5)39-56/h43-45H,11-41H2,1-10H3,(H,58,66)(H,60,67)(H,61,68)(H3,57,59,62,63,64,65). The third kappa shape index (κ3) is 25.5. The summed E-state index contributed by atoms with van der Waals surface area (Å²) in [6.45, 7) is 20.3. The molecule has 6 N–H and O–H groups in total. The van der Waals surface area contributed by atoms with Crippen molar-refractivity contribution in [2.24, 2.45) is 27.6 Å². The fourth-order valence-corrected chi connectivity index (χ4v) is 12.2. The van der Waals surface area contributed by atoms with E-state index in [2.05, 4.69) is 91.9 Å².